The lowest BCUT2D eigenvalue weighted by Gasteiger charge is -2.18. The summed E-state index contributed by atoms with van der Waals surface area (Å²) in [5, 5.41) is 10.3. The molecule has 2 aromatic carbocycles. The molecule has 160 valence electrons. The number of methoxy groups -OCH3 is 1. The Morgan fingerprint density at radius 3 is 2.65 bits per heavy atom. The molecule has 1 unspecified atom stereocenters. The van der Waals surface area contributed by atoms with Crippen molar-refractivity contribution in [3.8, 4) is 11.4 Å². The van der Waals surface area contributed by atoms with Gasteiger partial charge in [-0.15, -0.1) is 0 Å². The van der Waals surface area contributed by atoms with Gasteiger partial charge in [-0.2, -0.15) is 5.10 Å². The van der Waals surface area contributed by atoms with Crippen LogP contribution in [0, 0.1) is 6.92 Å². The van der Waals surface area contributed by atoms with E-state index in [4.69, 9.17) is 4.74 Å². The number of aryl methyl sites for hydroxylation is 1. The molecule has 7 nitrogen and oxygen atoms in total. The van der Waals surface area contributed by atoms with Crippen LogP contribution in [0.3, 0.4) is 0 Å². The van der Waals surface area contributed by atoms with Gasteiger partial charge in [0.15, 0.2) is 5.69 Å². The van der Waals surface area contributed by atoms with Crippen LogP contribution in [0.4, 0.5) is 0 Å². The van der Waals surface area contributed by atoms with Crippen molar-refractivity contribution < 1.29 is 14.3 Å². The van der Waals surface area contributed by atoms with Crippen LogP contribution in [0.1, 0.15) is 34.5 Å². The Labute approximate surface area is 181 Å². The Balaban J connectivity index is 1.52. The summed E-state index contributed by atoms with van der Waals surface area (Å²) in [6.07, 6.45) is 4.10. The molecule has 0 spiro atoms. The van der Waals surface area contributed by atoms with Gasteiger partial charge in [-0.3, -0.25) is 9.59 Å². The fourth-order valence-corrected chi connectivity index (χ4v) is 3.38. The van der Waals surface area contributed by atoms with E-state index in [0.29, 0.717) is 12.2 Å². The molecule has 0 saturated heterocycles. The number of aromatic nitrogens is 2. The first-order valence-electron chi connectivity index (χ1n) is 10.4. The van der Waals surface area contributed by atoms with E-state index < -0.39 is 11.9 Å². The summed E-state index contributed by atoms with van der Waals surface area (Å²) in [5.74, 6) is 0.100. The average Bonchev–Trinajstić information content (AvgIpc) is 3.45. The maximum atomic E-state index is 12.9. The van der Waals surface area contributed by atoms with E-state index in [9.17, 15) is 9.59 Å². The minimum absolute atomic E-state index is 0.167. The zero-order valence-corrected chi connectivity index (χ0v) is 17.7. The summed E-state index contributed by atoms with van der Waals surface area (Å²) in [4.78, 5) is 25.7. The monoisotopic (exact) mass is 418 g/mol. The Morgan fingerprint density at radius 1 is 1.16 bits per heavy atom. The van der Waals surface area contributed by atoms with Crippen LogP contribution in [0.25, 0.3) is 5.69 Å². The summed E-state index contributed by atoms with van der Waals surface area (Å²) < 4.78 is 7.02. The van der Waals surface area contributed by atoms with Crippen LogP contribution in [0.15, 0.2) is 60.8 Å². The third-order valence-electron chi connectivity index (χ3n) is 5.23. The Hall–Kier alpha value is -3.61. The summed E-state index contributed by atoms with van der Waals surface area (Å²) in [5.41, 5.74) is 3.01. The second kappa shape index (κ2) is 9.04. The minimum Gasteiger partial charge on any atom is -0.494 e. The van der Waals surface area contributed by atoms with Gasteiger partial charge in [-0.05, 0) is 49.1 Å². The maximum Gasteiger partial charge on any atom is 0.272 e. The number of nitrogens with zero attached hydrogens (tertiary/aromatic N) is 2. The summed E-state index contributed by atoms with van der Waals surface area (Å²) in [7, 11) is 1.60. The van der Waals surface area contributed by atoms with Gasteiger partial charge >= 0.3 is 0 Å². The van der Waals surface area contributed by atoms with Crippen LogP contribution in [-0.2, 0) is 11.2 Å². The predicted octanol–water partition coefficient (Wildman–Crippen LogP) is 2.81. The van der Waals surface area contributed by atoms with Gasteiger partial charge in [-0.25, -0.2) is 4.68 Å². The van der Waals surface area contributed by atoms with Crippen molar-refractivity contribution in [3.63, 3.8) is 0 Å². The summed E-state index contributed by atoms with van der Waals surface area (Å²) in [6.45, 7) is 1.98. The lowest BCUT2D eigenvalue weighted by atomic mass is 10.0. The van der Waals surface area contributed by atoms with Crippen molar-refractivity contribution in [2.45, 2.75) is 38.3 Å². The van der Waals surface area contributed by atoms with Crippen LogP contribution in [0.2, 0.25) is 0 Å². The van der Waals surface area contributed by atoms with Crippen molar-refractivity contribution in [1.82, 2.24) is 20.4 Å². The number of hydrogen-bond acceptors (Lipinski definition) is 4. The molecule has 31 heavy (non-hydrogen) atoms. The molecular formula is C24H26N4O3. The van der Waals surface area contributed by atoms with Crippen LogP contribution < -0.4 is 15.4 Å². The molecule has 7 heteroatoms. The molecule has 1 fully saturated rings. The average molecular weight is 418 g/mol. The SMILES string of the molecule is COc1ccc(C)cc1-n1ccc(C(=O)NC(Cc2ccccc2)C(=O)NC2CC2)n1. The van der Waals surface area contributed by atoms with E-state index in [-0.39, 0.29) is 17.6 Å². The van der Waals surface area contributed by atoms with Gasteiger partial charge in [0.2, 0.25) is 5.91 Å². The van der Waals surface area contributed by atoms with Crippen molar-refractivity contribution in [2.75, 3.05) is 7.11 Å². The summed E-state index contributed by atoms with van der Waals surface area (Å²) >= 11 is 0. The summed E-state index contributed by atoms with van der Waals surface area (Å²) in [6, 6.07) is 16.6. The highest BCUT2D eigenvalue weighted by Gasteiger charge is 2.29. The van der Waals surface area contributed by atoms with Crippen molar-refractivity contribution in [2.24, 2.45) is 0 Å². The van der Waals surface area contributed by atoms with Crippen LogP contribution in [0.5, 0.6) is 5.75 Å². The number of benzene rings is 2. The van der Waals surface area contributed by atoms with Gasteiger partial charge in [0, 0.05) is 18.7 Å². The first-order chi connectivity index (χ1) is 15.0. The smallest absolute Gasteiger partial charge is 0.272 e. The fraction of sp³-hybridized carbons (Fsp3) is 0.292. The molecule has 2 amide bonds. The van der Waals surface area contributed by atoms with E-state index in [1.165, 1.54) is 0 Å². The molecule has 1 aromatic heterocycles. The molecule has 1 atom stereocenters. The largest absolute Gasteiger partial charge is 0.494 e. The standard InChI is InChI=1S/C24H26N4O3/c1-16-8-11-22(31-2)21(14-16)28-13-12-19(27-28)23(29)26-20(24(30)25-18-9-10-18)15-17-6-4-3-5-7-17/h3-8,11-14,18,20H,9-10,15H2,1-2H3,(H,25,30)(H,26,29). The minimum atomic E-state index is -0.672. The third-order valence-corrected chi connectivity index (χ3v) is 5.23. The van der Waals surface area contributed by atoms with Gasteiger partial charge in [0.1, 0.15) is 17.5 Å². The molecule has 1 saturated carbocycles. The molecule has 1 heterocycles. The maximum absolute atomic E-state index is 12.9. The molecular weight excluding hydrogens is 392 g/mol. The number of carbonyl (C=O) groups is 2. The Bertz CT molecular complexity index is 1070. The molecule has 3 aromatic rings. The van der Waals surface area contributed by atoms with Crippen molar-refractivity contribution in [3.05, 3.63) is 77.6 Å². The van der Waals surface area contributed by atoms with Gasteiger partial charge < -0.3 is 15.4 Å². The third kappa shape index (κ3) is 5.12. The molecule has 1 aliphatic rings. The van der Waals surface area contributed by atoms with Crippen molar-refractivity contribution in [1.29, 1.82) is 0 Å². The van der Waals surface area contributed by atoms with Crippen LogP contribution in [-0.4, -0.2) is 40.8 Å². The van der Waals surface area contributed by atoms with E-state index in [1.807, 2.05) is 55.5 Å². The Kier molecular flexibility index (Phi) is 6.02. The van der Waals surface area contributed by atoms with Gasteiger partial charge in [-0.1, -0.05) is 36.4 Å². The number of nitrogens with one attached hydrogen (secondary N) is 2. The van der Waals surface area contributed by atoms with E-state index in [2.05, 4.69) is 15.7 Å². The van der Waals surface area contributed by atoms with E-state index in [0.717, 1.165) is 29.7 Å². The lowest BCUT2D eigenvalue weighted by molar-refractivity contribution is -0.123. The number of rotatable bonds is 8. The van der Waals surface area contributed by atoms with E-state index >= 15 is 0 Å². The first-order valence-corrected chi connectivity index (χ1v) is 10.4. The predicted molar refractivity (Wildman–Crippen MR) is 117 cm³/mol. The molecule has 2 N–H and O–H groups in total. The molecule has 4 rings (SSSR count). The second-order valence-electron chi connectivity index (χ2n) is 7.82. The highest BCUT2D eigenvalue weighted by molar-refractivity contribution is 5.96. The lowest BCUT2D eigenvalue weighted by Crippen LogP contribution is -2.48. The molecule has 0 bridgehead atoms. The van der Waals surface area contributed by atoms with E-state index in [1.54, 1.807) is 24.1 Å². The van der Waals surface area contributed by atoms with Gasteiger partial charge in [0.25, 0.3) is 5.91 Å². The molecule has 0 radical (unpaired) electrons. The quantitative estimate of drug-likeness (QED) is 0.589. The highest BCUT2D eigenvalue weighted by Crippen LogP contribution is 2.23. The van der Waals surface area contributed by atoms with Crippen LogP contribution >= 0.6 is 0 Å². The Morgan fingerprint density at radius 2 is 1.94 bits per heavy atom. The van der Waals surface area contributed by atoms with Gasteiger partial charge in [0.05, 0.1) is 7.11 Å². The number of carbonyl (C=O) groups excluding carboxylic acids is 2. The zero-order chi connectivity index (χ0) is 21.8. The number of hydrogen-bond donors (Lipinski definition) is 2. The number of ether oxygens (including phenoxy) is 1. The normalized spacial score (nSPS) is 14.0. The topological polar surface area (TPSA) is 85.2 Å². The second-order valence-corrected chi connectivity index (χ2v) is 7.82. The number of amides is 2. The van der Waals surface area contributed by atoms with Crippen molar-refractivity contribution >= 4 is 11.8 Å². The molecule has 1 aliphatic carbocycles. The molecule has 0 aliphatic heterocycles. The highest BCUT2D eigenvalue weighted by atomic mass is 16.5. The zero-order valence-electron chi connectivity index (χ0n) is 17.7. The fourth-order valence-electron chi connectivity index (χ4n) is 3.38. The first kappa shape index (κ1) is 20.7.